The van der Waals surface area contributed by atoms with E-state index in [9.17, 15) is 0 Å². The third-order valence-electron chi connectivity index (χ3n) is 2.64. The molecule has 1 aliphatic carbocycles. The molecule has 1 saturated carbocycles. The molecule has 0 aromatic carbocycles. The van der Waals surface area contributed by atoms with E-state index in [4.69, 9.17) is 5.73 Å². The Morgan fingerprint density at radius 3 is 3.07 bits per heavy atom. The Morgan fingerprint density at radius 1 is 1.71 bits per heavy atom. The summed E-state index contributed by atoms with van der Waals surface area (Å²) in [6.45, 7) is 2.24. The van der Waals surface area contributed by atoms with Gasteiger partial charge in [0.1, 0.15) is 5.00 Å². The molecule has 0 spiro atoms. The summed E-state index contributed by atoms with van der Waals surface area (Å²) in [4.78, 5) is 1.11. The summed E-state index contributed by atoms with van der Waals surface area (Å²) in [5, 5.41) is 4.66. The van der Waals surface area contributed by atoms with E-state index >= 15 is 0 Å². The first-order chi connectivity index (χ1) is 6.76. The van der Waals surface area contributed by atoms with Gasteiger partial charge in [-0.15, -0.1) is 11.8 Å². The summed E-state index contributed by atoms with van der Waals surface area (Å²) in [6, 6.07) is 0.658. The quantitative estimate of drug-likeness (QED) is 0.779. The molecule has 1 heterocycles. The molecule has 1 fully saturated rings. The van der Waals surface area contributed by atoms with Gasteiger partial charge in [0.25, 0.3) is 0 Å². The maximum atomic E-state index is 5.75. The third kappa shape index (κ3) is 1.83. The van der Waals surface area contributed by atoms with Crippen molar-refractivity contribution in [1.29, 1.82) is 0 Å². The van der Waals surface area contributed by atoms with Gasteiger partial charge in [-0.05, 0) is 30.1 Å². The van der Waals surface area contributed by atoms with Crippen molar-refractivity contribution in [2.24, 2.45) is 5.92 Å². The fourth-order valence-electron chi connectivity index (χ4n) is 1.63. The lowest BCUT2D eigenvalue weighted by Gasteiger charge is -2.03. The van der Waals surface area contributed by atoms with Crippen LogP contribution in [-0.2, 0) is 0 Å². The van der Waals surface area contributed by atoms with Crippen LogP contribution >= 0.6 is 23.3 Å². The minimum Gasteiger partial charge on any atom is -0.382 e. The van der Waals surface area contributed by atoms with Crippen molar-refractivity contribution in [3.8, 4) is 0 Å². The molecule has 0 radical (unpaired) electrons. The van der Waals surface area contributed by atoms with Gasteiger partial charge in [0.15, 0.2) is 5.82 Å². The topological polar surface area (TPSA) is 50.9 Å². The molecule has 0 aliphatic heterocycles. The average Bonchev–Trinajstić information content (AvgIpc) is 2.84. The number of nitrogens with zero attached hydrogens (tertiary/aromatic N) is 1. The van der Waals surface area contributed by atoms with E-state index in [2.05, 4.69) is 16.6 Å². The molecule has 78 valence electrons. The Hall–Kier alpha value is -0.420. The normalized spacial score (nSPS) is 25.0. The Labute approximate surface area is 92.6 Å². The van der Waals surface area contributed by atoms with Crippen molar-refractivity contribution in [2.45, 2.75) is 30.7 Å². The van der Waals surface area contributed by atoms with E-state index in [1.165, 1.54) is 24.4 Å². The maximum absolute atomic E-state index is 5.75. The molecule has 3 N–H and O–H groups in total. The van der Waals surface area contributed by atoms with Crippen LogP contribution in [0.3, 0.4) is 0 Å². The SMILES string of the molecule is CCC1CC1Nc1snc(N)c1SC. The van der Waals surface area contributed by atoms with Gasteiger partial charge in [-0.25, -0.2) is 0 Å². The van der Waals surface area contributed by atoms with Crippen LogP contribution in [0, 0.1) is 5.92 Å². The van der Waals surface area contributed by atoms with Crippen molar-refractivity contribution in [3.63, 3.8) is 0 Å². The van der Waals surface area contributed by atoms with Gasteiger partial charge in [0.2, 0.25) is 0 Å². The molecule has 2 atom stereocenters. The van der Waals surface area contributed by atoms with Crippen LogP contribution in [0.25, 0.3) is 0 Å². The Balaban J connectivity index is 2.02. The molecule has 1 aromatic rings. The molecule has 0 bridgehead atoms. The predicted octanol–water partition coefficient (Wildman–Crippen LogP) is 2.66. The highest BCUT2D eigenvalue weighted by atomic mass is 32.2. The number of hydrogen-bond donors (Lipinski definition) is 2. The van der Waals surface area contributed by atoms with Crippen molar-refractivity contribution in [3.05, 3.63) is 0 Å². The number of thioether (sulfide) groups is 1. The number of anilines is 2. The van der Waals surface area contributed by atoms with Crippen molar-refractivity contribution < 1.29 is 0 Å². The van der Waals surface area contributed by atoms with Gasteiger partial charge in [0, 0.05) is 6.04 Å². The average molecular weight is 229 g/mol. The third-order valence-corrected chi connectivity index (χ3v) is 4.38. The second-order valence-corrected chi connectivity index (χ2v) is 5.17. The molecule has 1 aromatic heterocycles. The lowest BCUT2D eigenvalue weighted by molar-refractivity contribution is 0.775. The highest BCUT2D eigenvalue weighted by molar-refractivity contribution is 7.99. The first-order valence-electron chi connectivity index (χ1n) is 4.82. The first-order valence-corrected chi connectivity index (χ1v) is 6.81. The second kappa shape index (κ2) is 3.98. The molecule has 2 rings (SSSR count). The minimum absolute atomic E-state index is 0.658. The van der Waals surface area contributed by atoms with Crippen molar-refractivity contribution in [2.75, 3.05) is 17.3 Å². The highest BCUT2D eigenvalue weighted by Gasteiger charge is 2.36. The molecule has 0 amide bonds. The van der Waals surface area contributed by atoms with Gasteiger partial charge in [-0.2, -0.15) is 4.37 Å². The standard InChI is InChI=1S/C9H15N3S2/c1-3-5-4-6(5)11-9-7(13-2)8(10)12-14-9/h5-6,11H,3-4H2,1-2H3,(H2,10,12). The van der Waals surface area contributed by atoms with E-state index < -0.39 is 0 Å². The molecule has 1 aliphatic rings. The Bertz CT molecular complexity index is 324. The zero-order valence-corrected chi connectivity index (χ0v) is 10.0. The predicted molar refractivity (Wildman–Crippen MR) is 64.1 cm³/mol. The zero-order valence-electron chi connectivity index (χ0n) is 8.41. The van der Waals surface area contributed by atoms with Crippen LogP contribution in [0.15, 0.2) is 4.90 Å². The van der Waals surface area contributed by atoms with Gasteiger partial charge < -0.3 is 11.1 Å². The molecular formula is C9H15N3S2. The van der Waals surface area contributed by atoms with Crippen LogP contribution < -0.4 is 11.1 Å². The summed E-state index contributed by atoms with van der Waals surface area (Å²) in [6.07, 6.45) is 4.60. The van der Waals surface area contributed by atoms with Crippen molar-refractivity contribution >= 4 is 34.1 Å². The van der Waals surface area contributed by atoms with Gasteiger partial charge in [-0.3, -0.25) is 0 Å². The van der Waals surface area contributed by atoms with Crippen LogP contribution in [-0.4, -0.2) is 16.7 Å². The molecule has 0 saturated heterocycles. The van der Waals surface area contributed by atoms with Crippen LogP contribution in [0.2, 0.25) is 0 Å². The zero-order chi connectivity index (χ0) is 10.1. The summed E-state index contributed by atoms with van der Waals surface area (Å²) in [5.41, 5.74) is 5.75. The van der Waals surface area contributed by atoms with E-state index in [-0.39, 0.29) is 0 Å². The van der Waals surface area contributed by atoms with Gasteiger partial charge in [0.05, 0.1) is 4.90 Å². The molecule has 5 heteroatoms. The van der Waals surface area contributed by atoms with E-state index in [1.54, 1.807) is 11.8 Å². The molecular weight excluding hydrogens is 214 g/mol. The maximum Gasteiger partial charge on any atom is 0.153 e. The fraction of sp³-hybridized carbons (Fsp3) is 0.667. The summed E-state index contributed by atoms with van der Waals surface area (Å²) in [5.74, 6) is 1.52. The number of nitrogens with one attached hydrogen (secondary N) is 1. The highest BCUT2D eigenvalue weighted by Crippen LogP contribution is 2.41. The Kier molecular flexibility index (Phi) is 2.88. The van der Waals surface area contributed by atoms with E-state index in [1.807, 2.05) is 6.26 Å². The van der Waals surface area contributed by atoms with E-state index in [0.717, 1.165) is 15.8 Å². The minimum atomic E-state index is 0.658. The number of hydrogen-bond acceptors (Lipinski definition) is 5. The van der Waals surface area contributed by atoms with Crippen molar-refractivity contribution in [1.82, 2.24) is 4.37 Å². The summed E-state index contributed by atoms with van der Waals surface area (Å²) in [7, 11) is 0. The monoisotopic (exact) mass is 229 g/mol. The van der Waals surface area contributed by atoms with Crippen LogP contribution in [0.1, 0.15) is 19.8 Å². The van der Waals surface area contributed by atoms with Crippen LogP contribution in [0.4, 0.5) is 10.8 Å². The molecule has 3 nitrogen and oxygen atoms in total. The smallest absolute Gasteiger partial charge is 0.153 e. The Morgan fingerprint density at radius 2 is 2.50 bits per heavy atom. The van der Waals surface area contributed by atoms with Gasteiger partial charge >= 0.3 is 0 Å². The summed E-state index contributed by atoms with van der Waals surface area (Å²) < 4.78 is 4.16. The van der Waals surface area contributed by atoms with Gasteiger partial charge in [-0.1, -0.05) is 13.3 Å². The lowest BCUT2D eigenvalue weighted by Crippen LogP contribution is -2.03. The number of nitrogen functional groups attached to an aromatic ring is 1. The van der Waals surface area contributed by atoms with E-state index in [0.29, 0.717) is 11.9 Å². The first kappa shape index (κ1) is 10.1. The second-order valence-electron chi connectivity index (χ2n) is 3.59. The fourth-order valence-corrected chi connectivity index (χ4v) is 3.22. The largest absolute Gasteiger partial charge is 0.382 e. The number of nitrogens with two attached hydrogens (primary N) is 1. The van der Waals surface area contributed by atoms with Crippen LogP contribution in [0.5, 0.6) is 0 Å². The lowest BCUT2D eigenvalue weighted by atomic mass is 10.3. The number of rotatable bonds is 4. The molecule has 14 heavy (non-hydrogen) atoms. The number of aromatic nitrogens is 1. The molecule has 2 unspecified atom stereocenters. The summed E-state index contributed by atoms with van der Waals surface area (Å²) >= 11 is 3.14.